The Morgan fingerprint density at radius 2 is 2.12 bits per heavy atom. The second-order valence-corrected chi connectivity index (χ2v) is 7.17. The number of benzene rings is 1. The average Bonchev–Trinajstić information content (AvgIpc) is 3.34. The van der Waals surface area contributed by atoms with Gasteiger partial charge in [0.2, 0.25) is 0 Å². The quantitative estimate of drug-likeness (QED) is 0.726. The number of nitrogens with one attached hydrogen (secondary N) is 1. The lowest BCUT2D eigenvalue weighted by Crippen LogP contribution is -2.31. The fourth-order valence-corrected chi connectivity index (χ4v) is 4.22. The number of likely N-dealkylation sites (tertiary alicyclic amines) is 1. The van der Waals surface area contributed by atoms with Crippen molar-refractivity contribution in [2.24, 2.45) is 0 Å². The maximum absolute atomic E-state index is 5.42. The maximum Gasteiger partial charge on any atom is 0.138 e. The molecule has 6 heteroatoms. The van der Waals surface area contributed by atoms with E-state index in [0.29, 0.717) is 6.04 Å². The van der Waals surface area contributed by atoms with E-state index in [-0.39, 0.29) is 0 Å². The van der Waals surface area contributed by atoms with Crippen LogP contribution in [0.25, 0.3) is 10.2 Å². The highest BCUT2D eigenvalue weighted by Gasteiger charge is 2.24. The van der Waals surface area contributed by atoms with Crippen molar-refractivity contribution in [2.45, 2.75) is 18.9 Å². The largest absolute Gasteiger partial charge is 0.497 e. The van der Waals surface area contributed by atoms with Gasteiger partial charge in [-0.1, -0.05) is 12.1 Å². The van der Waals surface area contributed by atoms with Gasteiger partial charge in [-0.15, -0.1) is 11.3 Å². The van der Waals surface area contributed by atoms with Crippen LogP contribution >= 0.6 is 11.3 Å². The lowest BCUT2D eigenvalue weighted by Gasteiger charge is -2.28. The number of ether oxygens (including phenoxy) is 1. The Kier molecular flexibility index (Phi) is 4.81. The summed E-state index contributed by atoms with van der Waals surface area (Å²) < 4.78 is 5.42. The van der Waals surface area contributed by atoms with E-state index in [4.69, 9.17) is 4.74 Å². The molecule has 130 valence electrons. The third-order valence-corrected chi connectivity index (χ3v) is 5.61. The van der Waals surface area contributed by atoms with Gasteiger partial charge in [-0.3, -0.25) is 4.90 Å². The van der Waals surface area contributed by atoms with Crippen LogP contribution in [0.3, 0.4) is 0 Å². The summed E-state index contributed by atoms with van der Waals surface area (Å²) >= 11 is 1.64. The van der Waals surface area contributed by atoms with Crippen molar-refractivity contribution >= 4 is 27.4 Å². The first-order valence-corrected chi connectivity index (χ1v) is 9.53. The van der Waals surface area contributed by atoms with Gasteiger partial charge in [0, 0.05) is 6.54 Å². The Morgan fingerprint density at radius 1 is 1.24 bits per heavy atom. The number of fused-ring (bicyclic) bond motifs is 1. The van der Waals surface area contributed by atoms with Crippen LogP contribution in [-0.4, -0.2) is 41.6 Å². The molecule has 5 nitrogen and oxygen atoms in total. The lowest BCUT2D eigenvalue weighted by atomic mass is 10.0. The number of thiophene rings is 1. The predicted octanol–water partition coefficient (Wildman–Crippen LogP) is 3.95. The first-order chi connectivity index (χ1) is 12.3. The molecule has 3 heterocycles. The normalized spacial score (nSPS) is 16.2. The summed E-state index contributed by atoms with van der Waals surface area (Å²) in [6.45, 7) is 3.09. The molecule has 1 aliphatic heterocycles. The average molecular weight is 354 g/mol. The van der Waals surface area contributed by atoms with Crippen molar-refractivity contribution in [3.63, 3.8) is 0 Å². The zero-order valence-corrected chi connectivity index (χ0v) is 15.1. The van der Waals surface area contributed by atoms with Crippen LogP contribution < -0.4 is 10.1 Å². The Balaban J connectivity index is 1.59. The van der Waals surface area contributed by atoms with E-state index in [2.05, 4.69) is 49.8 Å². The molecule has 1 aliphatic rings. The third kappa shape index (κ3) is 3.45. The molecule has 1 aromatic carbocycles. The van der Waals surface area contributed by atoms with Gasteiger partial charge in [0.15, 0.2) is 0 Å². The Labute approximate surface area is 151 Å². The van der Waals surface area contributed by atoms with Crippen molar-refractivity contribution < 1.29 is 4.74 Å². The van der Waals surface area contributed by atoms with Crippen LogP contribution in [0.1, 0.15) is 24.4 Å². The predicted molar refractivity (Wildman–Crippen MR) is 102 cm³/mol. The molecular formula is C19H22N4OS. The minimum absolute atomic E-state index is 0.307. The Bertz CT molecular complexity index is 844. The smallest absolute Gasteiger partial charge is 0.138 e. The molecule has 0 radical (unpaired) electrons. The topological polar surface area (TPSA) is 50.3 Å². The highest BCUT2D eigenvalue weighted by molar-refractivity contribution is 7.16. The molecule has 0 aliphatic carbocycles. The van der Waals surface area contributed by atoms with Gasteiger partial charge in [-0.25, -0.2) is 9.97 Å². The summed E-state index contributed by atoms with van der Waals surface area (Å²) in [4.78, 5) is 12.3. The molecular weight excluding hydrogens is 332 g/mol. The summed E-state index contributed by atoms with van der Waals surface area (Å²) in [5.74, 6) is 1.82. The summed E-state index contributed by atoms with van der Waals surface area (Å²) in [7, 11) is 1.72. The molecule has 1 fully saturated rings. The van der Waals surface area contributed by atoms with Gasteiger partial charge in [-0.2, -0.15) is 0 Å². The van der Waals surface area contributed by atoms with Crippen LogP contribution in [0.2, 0.25) is 0 Å². The number of hydrogen-bond acceptors (Lipinski definition) is 6. The monoisotopic (exact) mass is 354 g/mol. The maximum atomic E-state index is 5.42. The van der Waals surface area contributed by atoms with Crippen molar-refractivity contribution in [2.75, 3.05) is 32.1 Å². The Hall–Kier alpha value is -2.18. The molecule has 0 saturated carbocycles. The van der Waals surface area contributed by atoms with Gasteiger partial charge >= 0.3 is 0 Å². The minimum atomic E-state index is 0.307. The standard InChI is InChI=1S/C19H22N4OS/c1-24-15-6-4-5-14(11-15)17(23-8-2-3-9-23)12-20-18-16-7-10-25-19(16)22-13-21-18/h4-7,10-11,13,17H,2-3,8-9,12H2,1H3,(H,20,21,22)/t17-/m0/s1. The third-order valence-electron chi connectivity index (χ3n) is 4.78. The van der Waals surface area contributed by atoms with Gasteiger partial charge in [0.1, 0.15) is 22.7 Å². The van der Waals surface area contributed by atoms with E-state index in [1.807, 2.05) is 6.07 Å². The summed E-state index contributed by atoms with van der Waals surface area (Å²) in [6, 6.07) is 10.8. The molecule has 1 atom stereocenters. The lowest BCUT2D eigenvalue weighted by molar-refractivity contribution is 0.255. The second-order valence-electron chi connectivity index (χ2n) is 6.28. The van der Waals surface area contributed by atoms with Crippen LogP contribution in [-0.2, 0) is 0 Å². The number of methoxy groups -OCH3 is 1. The number of hydrogen-bond donors (Lipinski definition) is 1. The summed E-state index contributed by atoms with van der Waals surface area (Å²) in [6.07, 6.45) is 4.17. The second kappa shape index (κ2) is 7.37. The van der Waals surface area contributed by atoms with E-state index < -0.39 is 0 Å². The van der Waals surface area contributed by atoms with Gasteiger partial charge in [0.05, 0.1) is 18.5 Å². The molecule has 0 unspecified atom stereocenters. The van der Waals surface area contributed by atoms with E-state index >= 15 is 0 Å². The van der Waals surface area contributed by atoms with E-state index in [0.717, 1.165) is 41.4 Å². The molecule has 1 N–H and O–H groups in total. The fourth-order valence-electron chi connectivity index (χ4n) is 3.48. The zero-order chi connectivity index (χ0) is 17.1. The number of rotatable bonds is 6. The van der Waals surface area contributed by atoms with Gasteiger partial charge in [-0.05, 0) is 55.1 Å². The van der Waals surface area contributed by atoms with Crippen LogP contribution in [0, 0.1) is 0 Å². The molecule has 0 bridgehead atoms. The Morgan fingerprint density at radius 3 is 2.96 bits per heavy atom. The molecule has 25 heavy (non-hydrogen) atoms. The first kappa shape index (κ1) is 16.3. The van der Waals surface area contributed by atoms with Gasteiger partial charge in [0.25, 0.3) is 0 Å². The fraction of sp³-hybridized carbons (Fsp3) is 0.368. The summed E-state index contributed by atoms with van der Waals surface area (Å²) in [5, 5.41) is 6.72. The molecule has 4 rings (SSSR count). The van der Waals surface area contributed by atoms with Crippen molar-refractivity contribution in [3.8, 4) is 5.75 Å². The van der Waals surface area contributed by atoms with Crippen LogP contribution in [0.5, 0.6) is 5.75 Å². The molecule has 2 aromatic heterocycles. The molecule has 3 aromatic rings. The number of anilines is 1. The first-order valence-electron chi connectivity index (χ1n) is 8.65. The van der Waals surface area contributed by atoms with Crippen LogP contribution in [0.4, 0.5) is 5.82 Å². The molecule has 0 spiro atoms. The van der Waals surface area contributed by atoms with Gasteiger partial charge < -0.3 is 10.1 Å². The zero-order valence-electron chi connectivity index (χ0n) is 14.3. The van der Waals surface area contributed by atoms with Crippen LogP contribution in [0.15, 0.2) is 42.0 Å². The van der Waals surface area contributed by atoms with E-state index in [1.54, 1.807) is 24.8 Å². The number of aromatic nitrogens is 2. The van der Waals surface area contributed by atoms with Crippen molar-refractivity contribution in [1.82, 2.24) is 14.9 Å². The minimum Gasteiger partial charge on any atom is -0.497 e. The molecule has 0 amide bonds. The highest BCUT2D eigenvalue weighted by atomic mass is 32.1. The SMILES string of the molecule is COc1cccc([C@H](CNc2ncnc3sccc23)N2CCCC2)c1. The summed E-state index contributed by atoms with van der Waals surface area (Å²) in [5.41, 5.74) is 1.28. The number of nitrogens with zero attached hydrogens (tertiary/aromatic N) is 3. The van der Waals surface area contributed by atoms with E-state index in [9.17, 15) is 0 Å². The van der Waals surface area contributed by atoms with E-state index in [1.165, 1.54) is 18.4 Å². The van der Waals surface area contributed by atoms with Crippen molar-refractivity contribution in [3.05, 3.63) is 47.6 Å². The molecule has 1 saturated heterocycles. The highest BCUT2D eigenvalue weighted by Crippen LogP contribution is 2.29. The van der Waals surface area contributed by atoms with Crippen molar-refractivity contribution in [1.29, 1.82) is 0 Å².